The average molecular weight is 492 g/mol. The summed E-state index contributed by atoms with van der Waals surface area (Å²) in [6.07, 6.45) is 0.621. The van der Waals surface area contributed by atoms with Crippen LogP contribution in [-0.2, 0) is 6.54 Å². The molecule has 0 aliphatic carbocycles. The van der Waals surface area contributed by atoms with Crippen LogP contribution >= 0.6 is 23.4 Å². The lowest BCUT2D eigenvalue weighted by molar-refractivity contribution is 0.102. The number of carbonyl (C=O) groups excluding carboxylic acids is 1. The summed E-state index contributed by atoms with van der Waals surface area (Å²) >= 11 is 7.18. The molecule has 3 rings (SSSR count). The van der Waals surface area contributed by atoms with Crippen molar-refractivity contribution < 1.29 is 4.79 Å². The lowest BCUT2D eigenvalue weighted by Gasteiger charge is -2.20. The largest absolute Gasteiger partial charge is 0.384 e. The number of carbonyl (C=O) groups is 1. The number of hydrogen-bond donors (Lipinski definition) is 2. The van der Waals surface area contributed by atoms with E-state index in [-0.39, 0.29) is 23.2 Å². The van der Waals surface area contributed by atoms with E-state index >= 15 is 0 Å². The number of Topliss-reactive ketones (excluding diaryl/α,β-unsaturated/α-hetero) is 1. The molecule has 0 saturated heterocycles. The molecule has 1 atom stereocenters. The summed E-state index contributed by atoms with van der Waals surface area (Å²) in [7, 11) is 3.87. The fourth-order valence-corrected chi connectivity index (χ4v) is 4.17. The minimum Gasteiger partial charge on any atom is -0.384 e. The quantitative estimate of drug-likeness (QED) is 0.344. The van der Waals surface area contributed by atoms with E-state index in [9.17, 15) is 14.4 Å². The summed E-state index contributed by atoms with van der Waals surface area (Å²) in [6.45, 7) is 4.16. The number of anilines is 1. The van der Waals surface area contributed by atoms with Gasteiger partial charge < -0.3 is 5.73 Å². The van der Waals surface area contributed by atoms with Gasteiger partial charge in [-0.15, -0.1) is 10.2 Å². The van der Waals surface area contributed by atoms with Crippen LogP contribution in [0.2, 0.25) is 5.02 Å². The second-order valence-electron chi connectivity index (χ2n) is 7.68. The molecule has 0 aliphatic heterocycles. The van der Waals surface area contributed by atoms with Crippen molar-refractivity contribution in [1.29, 1.82) is 0 Å². The normalized spacial score (nSPS) is 12.3. The molecule has 0 radical (unpaired) electrons. The molecule has 1 aromatic carbocycles. The minimum atomic E-state index is -0.795. The molecule has 0 bridgehead atoms. The van der Waals surface area contributed by atoms with Crippen LogP contribution in [0.25, 0.3) is 5.69 Å². The predicted octanol–water partition coefficient (Wildman–Crippen LogP) is 2.36. The Kier molecular flexibility index (Phi) is 7.77. The molecule has 0 spiro atoms. The highest BCUT2D eigenvalue weighted by atomic mass is 35.5. The van der Waals surface area contributed by atoms with Crippen molar-refractivity contribution in [2.24, 2.45) is 0 Å². The number of rotatable bonds is 9. The van der Waals surface area contributed by atoms with E-state index in [4.69, 9.17) is 17.3 Å². The van der Waals surface area contributed by atoms with Gasteiger partial charge in [0.15, 0.2) is 16.8 Å². The van der Waals surface area contributed by atoms with Gasteiger partial charge in [-0.05, 0) is 51.7 Å². The Labute approximate surface area is 199 Å². The molecule has 2 aromatic heterocycles. The summed E-state index contributed by atoms with van der Waals surface area (Å²) in [5, 5.41) is 9.69. The van der Waals surface area contributed by atoms with Gasteiger partial charge in [0.25, 0.3) is 5.56 Å². The third-order valence-corrected chi connectivity index (χ3v) is 6.37. The van der Waals surface area contributed by atoms with Crippen LogP contribution in [-0.4, -0.2) is 54.8 Å². The van der Waals surface area contributed by atoms with E-state index in [1.807, 2.05) is 49.5 Å². The highest BCUT2D eigenvalue weighted by Gasteiger charge is 2.24. The first kappa shape index (κ1) is 24.7. The van der Waals surface area contributed by atoms with Crippen LogP contribution in [0.4, 0.5) is 5.82 Å². The second kappa shape index (κ2) is 10.4. The summed E-state index contributed by atoms with van der Waals surface area (Å²) in [5.41, 5.74) is 5.15. The van der Waals surface area contributed by atoms with E-state index in [0.29, 0.717) is 29.0 Å². The number of nitrogen functional groups attached to an aromatic ring is 1. The van der Waals surface area contributed by atoms with Gasteiger partial charge in [0.05, 0.1) is 11.8 Å². The average Bonchev–Trinajstić information content (AvgIpc) is 3.18. The maximum atomic E-state index is 12.9. The van der Waals surface area contributed by atoms with Crippen molar-refractivity contribution in [2.75, 3.05) is 25.6 Å². The zero-order valence-corrected chi connectivity index (χ0v) is 20.4. The summed E-state index contributed by atoms with van der Waals surface area (Å²) in [5.74, 6) is -0.0560. The number of nitrogens with one attached hydrogen (secondary N) is 1. The number of nitrogens with two attached hydrogens (primary N) is 1. The van der Waals surface area contributed by atoms with Gasteiger partial charge in [0.1, 0.15) is 11.4 Å². The summed E-state index contributed by atoms with van der Waals surface area (Å²) in [4.78, 5) is 41.5. The van der Waals surface area contributed by atoms with Crippen molar-refractivity contribution in [1.82, 2.24) is 29.2 Å². The van der Waals surface area contributed by atoms with Crippen LogP contribution < -0.4 is 17.0 Å². The lowest BCUT2D eigenvalue weighted by Crippen LogP contribution is -2.36. The van der Waals surface area contributed by atoms with Crippen molar-refractivity contribution >= 4 is 35.0 Å². The summed E-state index contributed by atoms with van der Waals surface area (Å²) in [6, 6.07) is 7.14. The molecule has 1 unspecified atom stereocenters. The Balaban J connectivity index is 1.96. The van der Waals surface area contributed by atoms with E-state index in [1.54, 1.807) is 12.1 Å². The van der Waals surface area contributed by atoms with Gasteiger partial charge in [0, 0.05) is 17.3 Å². The number of aromatic amines is 1. The first-order valence-electron chi connectivity index (χ1n) is 10.3. The Morgan fingerprint density at radius 1 is 1.24 bits per heavy atom. The van der Waals surface area contributed by atoms with Gasteiger partial charge in [-0.2, -0.15) is 0 Å². The minimum absolute atomic E-state index is 0.0608. The molecule has 12 heteroatoms. The van der Waals surface area contributed by atoms with Gasteiger partial charge in [-0.25, -0.2) is 4.79 Å². The van der Waals surface area contributed by atoms with Crippen LogP contribution in [0.3, 0.4) is 0 Å². The Morgan fingerprint density at radius 2 is 1.91 bits per heavy atom. The van der Waals surface area contributed by atoms with Crippen molar-refractivity contribution in [3.8, 4) is 5.69 Å². The van der Waals surface area contributed by atoms with Crippen LogP contribution in [0.5, 0.6) is 0 Å². The van der Waals surface area contributed by atoms with E-state index in [0.717, 1.165) is 17.4 Å². The fourth-order valence-electron chi connectivity index (χ4n) is 3.21. The van der Waals surface area contributed by atoms with E-state index in [2.05, 4.69) is 15.2 Å². The maximum absolute atomic E-state index is 12.9. The first-order valence-corrected chi connectivity index (χ1v) is 11.7. The van der Waals surface area contributed by atoms with Gasteiger partial charge >= 0.3 is 5.69 Å². The molecule has 0 amide bonds. The monoisotopic (exact) mass is 491 g/mol. The fraction of sp³-hybridized carbons (Fsp3) is 0.381. The lowest BCUT2D eigenvalue weighted by atomic mass is 10.2. The van der Waals surface area contributed by atoms with E-state index < -0.39 is 17.0 Å². The number of hydrogen-bond acceptors (Lipinski definition) is 8. The molecule has 10 nitrogen and oxygen atoms in total. The zero-order valence-electron chi connectivity index (χ0n) is 18.8. The van der Waals surface area contributed by atoms with Gasteiger partial charge in [-0.1, -0.05) is 30.3 Å². The molecule has 3 aromatic rings. The smallest absolute Gasteiger partial charge is 0.329 e. The Morgan fingerprint density at radius 3 is 2.52 bits per heavy atom. The number of benzene rings is 1. The summed E-state index contributed by atoms with van der Waals surface area (Å²) < 4.78 is 3.05. The number of thioether (sulfide) groups is 1. The van der Waals surface area contributed by atoms with Crippen LogP contribution in [0.15, 0.2) is 39.0 Å². The standard InChI is InChI=1S/C21H26ClN7O3S/c1-5-10-28-17(23)16(19(31)24-20(28)32)15(30)11-33-21-26-25-18(12(2)27(3)4)29(21)14-8-6-13(22)7-9-14/h6-9,12H,5,10-11,23H2,1-4H3,(H,24,31,32). The maximum Gasteiger partial charge on any atom is 0.329 e. The van der Waals surface area contributed by atoms with E-state index in [1.165, 1.54) is 4.57 Å². The first-order chi connectivity index (χ1) is 15.6. The molecule has 3 N–H and O–H groups in total. The third-order valence-electron chi connectivity index (χ3n) is 5.19. The molecule has 2 heterocycles. The highest BCUT2D eigenvalue weighted by Crippen LogP contribution is 2.28. The second-order valence-corrected chi connectivity index (χ2v) is 9.05. The van der Waals surface area contributed by atoms with Gasteiger partial charge in [0.2, 0.25) is 0 Å². The van der Waals surface area contributed by atoms with Crippen LogP contribution in [0.1, 0.15) is 42.5 Å². The molecular formula is C21H26ClN7O3S. The zero-order chi connectivity index (χ0) is 24.3. The number of H-pyrrole nitrogens is 1. The molecule has 0 saturated carbocycles. The van der Waals surface area contributed by atoms with Crippen molar-refractivity contribution in [3.63, 3.8) is 0 Å². The topological polar surface area (TPSA) is 132 Å². The number of nitrogens with zero attached hydrogens (tertiary/aromatic N) is 5. The van der Waals surface area contributed by atoms with Gasteiger partial charge in [-0.3, -0.25) is 28.6 Å². The molecular weight excluding hydrogens is 466 g/mol. The Bertz CT molecular complexity index is 1260. The van der Waals surface area contributed by atoms with Crippen molar-refractivity contribution in [2.45, 2.75) is 38.0 Å². The highest BCUT2D eigenvalue weighted by molar-refractivity contribution is 7.99. The number of ketones is 1. The predicted molar refractivity (Wildman–Crippen MR) is 130 cm³/mol. The molecule has 0 aliphatic rings. The molecule has 176 valence electrons. The molecule has 0 fully saturated rings. The number of halogens is 1. The third kappa shape index (κ3) is 5.21. The van der Waals surface area contributed by atoms with Crippen molar-refractivity contribution in [3.05, 3.63) is 61.5 Å². The van der Waals surface area contributed by atoms with Crippen LogP contribution in [0, 0.1) is 0 Å². The SMILES string of the molecule is CCCn1c(N)c(C(=O)CSc2nnc(C(C)N(C)C)n2-c2ccc(Cl)cc2)c(=O)[nH]c1=O. The number of aromatic nitrogens is 5. The Hall–Kier alpha value is -2.89. The molecule has 33 heavy (non-hydrogen) atoms.